The van der Waals surface area contributed by atoms with Crippen molar-refractivity contribution in [3.63, 3.8) is 0 Å². The summed E-state index contributed by atoms with van der Waals surface area (Å²) in [6.07, 6.45) is 0.325. The van der Waals surface area contributed by atoms with E-state index in [1.165, 1.54) is 0 Å². The van der Waals surface area contributed by atoms with Gasteiger partial charge in [0.15, 0.2) is 0 Å². The van der Waals surface area contributed by atoms with Crippen molar-refractivity contribution in [1.29, 1.82) is 0 Å². The Morgan fingerprint density at radius 1 is 1.53 bits per heavy atom. The number of carbonyl (C=O) groups excluding carboxylic acids is 1. The lowest BCUT2D eigenvalue weighted by Crippen LogP contribution is -2.48. The average Bonchev–Trinajstić information content (AvgIpc) is 2.65. The first-order valence-corrected chi connectivity index (χ1v) is 5.84. The van der Waals surface area contributed by atoms with E-state index in [9.17, 15) is 13.6 Å². The van der Waals surface area contributed by atoms with E-state index in [0.717, 1.165) is 5.70 Å². The molecule has 0 aromatic heterocycles. The van der Waals surface area contributed by atoms with Crippen LogP contribution in [0.5, 0.6) is 0 Å². The Balaban J connectivity index is 2.65. The maximum Gasteiger partial charge on any atom is 0.329 e. The topological polar surface area (TPSA) is 32.3 Å². The molecule has 17 heavy (non-hydrogen) atoms. The zero-order valence-electron chi connectivity index (χ0n) is 10.6. The van der Waals surface area contributed by atoms with Crippen molar-refractivity contribution in [2.24, 2.45) is 5.92 Å². The van der Waals surface area contributed by atoms with E-state index in [1.807, 2.05) is 0 Å². The summed E-state index contributed by atoms with van der Waals surface area (Å²) in [4.78, 5) is 13.2. The molecule has 1 atom stereocenters. The number of carbonyl (C=O) groups is 1. The van der Waals surface area contributed by atoms with Crippen LogP contribution >= 0.6 is 0 Å². The van der Waals surface area contributed by atoms with Crippen LogP contribution in [0, 0.1) is 5.92 Å². The van der Waals surface area contributed by atoms with Gasteiger partial charge in [0.1, 0.15) is 0 Å². The molecule has 0 radical (unpaired) electrons. The molecule has 1 saturated heterocycles. The van der Waals surface area contributed by atoms with E-state index in [4.69, 9.17) is 0 Å². The highest BCUT2D eigenvalue weighted by Crippen LogP contribution is 2.33. The Morgan fingerprint density at radius 2 is 2.12 bits per heavy atom. The number of rotatable bonds is 4. The summed E-state index contributed by atoms with van der Waals surface area (Å²) in [5.41, 5.74) is 0.771. The molecule has 1 aliphatic rings. The van der Waals surface area contributed by atoms with Gasteiger partial charge in [0, 0.05) is 24.8 Å². The third kappa shape index (κ3) is 3.17. The van der Waals surface area contributed by atoms with Gasteiger partial charge in [-0.15, -0.1) is 0 Å². The molecule has 0 aliphatic carbocycles. The van der Waals surface area contributed by atoms with E-state index in [1.54, 1.807) is 25.7 Å². The van der Waals surface area contributed by atoms with Crippen molar-refractivity contribution < 1.29 is 13.6 Å². The Morgan fingerprint density at radius 3 is 2.53 bits per heavy atom. The molecule has 3 nitrogen and oxygen atoms in total. The molecule has 0 aromatic rings. The van der Waals surface area contributed by atoms with Gasteiger partial charge in [-0.1, -0.05) is 6.58 Å². The molecular formula is C12H20F2N2O. The second kappa shape index (κ2) is 5.02. The van der Waals surface area contributed by atoms with Crippen molar-refractivity contribution in [1.82, 2.24) is 10.2 Å². The highest BCUT2D eigenvalue weighted by Gasteiger charge is 2.49. The SMILES string of the molecule is C=C(C)N1CCC(C(F)(F)C(=O)NC(C)C)C1. The van der Waals surface area contributed by atoms with Crippen LogP contribution in [0.2, 0.25) is 0 Å². The second-order valence-corrected chi connectivity index (χ2v) is 4.92. The lowest BCUT2D eigenvalue weighted by Gasteiger charge is -2.24. The summed E-state index contributed by atoms with van der Waals surface area (Å²) in [5, 5.41) is 2.27. The molecule has 1 rings (SSSR count). The van der Waals surface area contributed by atoms with Crippen molar-refractivity contribution in [3.8, 4) is 0 Å². The summed E-state index contributed by atoms with van der Waals surface area (Å²) in [6.45, 7) is 9.60. The van der Waals surface area contributed by atoms with Crippen LogP contribution in [0.15, 0.2) is 12.3 Å². The molecule has 0 bridgehead atoms. The van der Waals surface area contributed by atoms with Gasteiger partial charge in [-0.3, -0.25) is 4.79 Å². The second-order valence-electron chi connectivity index (χ2n) is 4.92. The highest BCUT2D eigenvalue weighted by molar-refractivity contribution is 5.84. The van der Waals surface area contributed by atoms with E-state index >= 15 is 0 Å². The van der Waals surface area contributed by atoms with E-state index < -0.39 is 17.7 Å². The minimum absolute atomic E-state index is 0.202. The summed E-state index contributed by atoms with van der Waals surface area (Å²) >= 11 is 0. The summed E-state index contributed by atoms with van der Waals surface area (Å²) in [7, 11) is 0. The van der Waals surface area contributed by atoms with Crippen LogP contribution in [0.25, 0.3) is 0 Å². The summed E-state index contributed by atoms with van der Waals surface area (Å²) in [6, 6.07) is -0.271. The van der Waals surface area contributed by atoms with Crippen LogP contribution in [0.3, 0.4) is 0 Å². The highest BCUT2D eigenvalue weighted by atomic mass is 19.3. The monoisotopic (exact) mass is 246 g/mol. The number of allylic oxidation sites excluding steroid dienone is 1. The molecule has 1 unspecified atom stereocenters. The van der Waals surface area contributed by atoms with E-state index in [0.29, 0.717) is 13.0 Å². The molecule has 0 saturated carbocycles. The van der Waals surface area contributed by atoms with E-state index in [2.05, 4.69) is 11.9 Å². The third-order valence-electron chi connectivity index (χ3n) is 2.96. The Bertz CT molecular complexity index is 316. The molecule has 1 N–H and O–H groups in total. The lowest BCUT2D eigenvalue weighted by molar-refractivity contribution is -0.153. The van der Waals surface area contributed by atoms with Crippen LogP contribution in [0.1, 0.15) is 27.2 Å². The first-order chi connectivity index (χ1) is 7.75. The Labute approximate surface area is 101 Å². The summed E-state index contributed by atoms with van der Waals surface area (Å²) < 4.78 is 27.7. The van der Waals surface area contributed by atoms with Crippen molar-refractivity contribution in [2.75, 3.05) is 13.1 Å². The zero-order valence-corrected chi connectivity index (χ0v) is 10.6. The minimum Gasteiger partial charge on any atom is -0.375 e. The van der Waals surface area contributed by atoms with Crippen LogP contribution in [-0.4, -0.2) is 35.9 Å². The molecule has 1 fully saturated rings. The first kappa shape index (κ1) is 13.9. The largest absolute Gasteiger partial charge is 0.375 e. The normalized spacial score (nSPS) is 20.8. The van der Waals surface area contributed by atoms with Gasteiger partial charge in [0.25, 0.3) is 5.91 Å². The van der Waals surface area contributed by atoms with Gasteiger partial charge in [0.05, 0.1) is 5.92 Å². The van der Waals surface area contributed by atoms with E-state index in [-0.39, 0.29) is 12.6 Å². The average molecular weight is 246 g/mol. The molecule has 0 spiro atoms. The van der Waals surface area contributed by atoms with Gasteiger partial charge >= 0.3 is 5.92 Å². The van der Waals surface area contributed by atoms with Crippen molar-refractivity contribution in [2.45, 2.75) is 39.2 Å². The molecular weight excluding hydrogens is 226 g/mol. The number of hydrogen-bond donors (Lipinski definition) is 1. The van der Waals surface area contributed by atoms with Gasteiger partial charge in [-0.2, -0.15) is 8.78 Å². The summed E-state index contributed by atoms with van der Waals surface area (Å²) in [5.74, 6) is -5.38. The number of hydrogen-bond acceptors (Lipinski definition) is 2. The zero-order chi connectivity index (χ0) is 13.2. The molecule has 1 aliphatic heterocycles. The molecule has 1 amide bonds. The van der Waals surface area contributed by atoms with Gasteiger partial charge in [-0.05, 0) is 27.2 Å². The predicted molar refractivity (Wildman–Crippen MR) is 62.7 cm³/mol. The molecule has 0 aromatic carbocycles. The minimum atomic E-state index is -3.30. The standard InChI is InChI=1S/C12H20F2N2O/c1-8(2)15-11(17)12(13,14)10-5-6-16(7-10)9(3)4/h8,10H,3,5-7H2,1-2,4H3,(H,15,17). The predicted octanol–water partition coefficient (Wildman–Crippen LogP) is 2.00. The smallest absolute Gasteiger partial charge is 0.329 e. The van der Waals surface area contributed by atoms with Gasteiger partial charge in [-0.25, -0.2) is 0 Å². The molecule has 1 heterocycles. The number of likely N-dealkylation sites (tertiary alicyclic amines) is 1. The maximum atomic E-state index is 13.9. The first-order valence-electron chi connectivity index (χ1n) is 5.84. The van der Waals surface area contributed by atoms with Gasteiger partial charge in [0.2, 0.25) is 0 Å². The Kier molecular flexibility index (Phi) is 4.11. The fourth-order valence-electron chi connectivity index (χ4n) is 1.95. The Hall–Kier alpha value is -1.13. The number of halogens is 2. The fraction of sp³-hybridized carbons (Fsp3) is 0.750. The quantitative estimate of drug-likeness (QED) is 0.823. The fourth-order valence-corrected chi connectivity index (χ4v) is 1.95. The maximum absolute atomic E-state index is 13.9. The molecule has 98 valence electrons. The lowest BCUT2D eigenvalue weighted by atomic mass is 9.99. The van der Waals surface area contributed by atoms with Crippen molar-refractivity contribution in [3.05, 3.63) is 12.3 Å². The number of nitrogens with one attached hydrogen (secondary N) is 1. The number of nitrogens with zero attached hydrogens (tertiary/aromatic N) is 1. The third-order valence-corrected chi connectivity index (χ3v) is 2.96. The number of amides is 1. The number of alkyl halides is 2. The van der Waals surface area contributed by atoms with Crippen LogP contribution in [0.4, 0.5) is 8.78 Å². The van der Waals surface area contributed by atoms with Gasteiger partial charge < -0.3 is 10.2 Å². The van der Waals surface area contributed by atoms with Crippen molar-refractivity contribution >= 4 is 5.91 Å². The van der Waals surface area contributed by atoms with Crippen LogP contribution < -0.4 is 5.32 Å². The van der Waals surface area contributed by atoms with Crippen LogP contribution in [-0.2, 0) is 4.79 Å². The molecule has 5 heteroatoms.